The van der Waals surface area contributed by atoms with Gasteiger partial charge in [-0.1, -0.05) is 0 Å². The van der Waals surface area contributed by atoms with Crippen molar-refractivity contribution in [2.45, 2.75) is 0 Å². The average molecular weight is 142 g/mol. The summed E-state index contributed by atoms with van der Waals surface area (Å²) in [5, 5.41) is 8.47. The number of hydrogen-bond donors (Lipinski definition) is 1. The molecule has 3 atom stereocenters. The summed E-state index contributed by atoms with van der Waals surface area (Å²) in [4.78, 5) is 21.0. The summed E-state index contributed by atoms with van der Waals surface area (Å²) < 4.78 is 4.59. The van der Waals surface area contributed by atoms with Gasteiger partial charge < -0.3 is 9.84 Å². The molecule has 0 aromatic carbocycles. The number of ether oxygens (including phenoxy) is 1. The van der Waals surface area contributed by atoms with Crippen LogP contribution in [0.3, 0.4) is 0 Å². The average Bonchev–Trinajstić information content (AvgIpc) is 2.48. The molecule has 1 N–H and O–H groups in total. The number of aliphatic carboxylic acids is 1. The largest absolute Gasteiger partial charge is 0.481 e. The van der Waals surface area contributed by atoms with Crippen molar-refractivity contribution >= 4 is 11.9 Å². The molecule has 0 spiro atoms. The minimum atomic E-state index is -0.869. The van der Waals surface area contributed by atoms with E-state index in [-0.39, 0.29) is 17.8 Å². The lowest BCUT2D eigenvalue weighted by molar-refractivity contribution is -0.148. The number of carboxylic acid groups (broad SMARTS) is 1. The summed E-state index contributed by atoms with van der Waals surface area (Å²) >= 11 is 0. The molecule has 1 saturated carbocycles. The van der Waals surface area contributed by atoms with Gasteiger partial charge in [0.05, 0.1) is 18.4 Å². The summed E-state index contributed by atoms with van der Waals surface area (Å²) in [5.41, 5.74) is 0. The van der Waals surface area contributed by atoms with E-state index >= 15 is 0 Å². The van der Waals surface area contributed by atoms with Gasteiger partial charge in [0.15, 0.2) is 0 Å². The lowest BCUT2D eigenvalue weighted by Gasteiger charge is -1.96. The molecule has 1 aliphatic carbocycles. The Morgan fingerprint density at radius 3 is 2.70 bits per heavy atom. The van der Waals surface area contributed by atoms with Crippen LogP contribution in [0.15, 0.2) is 0 Å². The SMILES string of the molecule is O=C(O)C1C2COC(=O)C21. The highest BCUT2D eigenvalue weighted by atomic mass is 16.5. The Morgan fingerprint density at radius 1 is 1.70 bits per heavy atom. The van der Waals surface area contributed by atoms with Gasteiger partial charge in [0.1, 0.15) is 0 Å². The van der Waals surface area contributed by atoms with Crippen LogP contribution < -0.4 is 0 Å². The Kier molecular flexibility index (Phi) is 0.859. The van der Waals surface area contributed by atoms with E-state index in [1.807, 2.05) is 0 Å². The monoisotopic (exact) mass is 142 g/mol. The molecule has 1 heterocycles. The number of esters is 1. The van der Waals surface area contributed by atoms with Crippen LogP contribution in [-0.2, 0) is 14.3 Å². The molecule has 0 bridgehead atoms. The second kappa shape index (κ2) is 1.51. The van der Waals surface area contributed by atoms with Gasteiger partial charge in [-0.3, -0.25) is 9.59 Å². The van der Waals surface area contributed by atoms with Crippen LogP contribution in [0.4, 0.5) is 0 Å². The van der Waals surface area contributed by atoms with Gasteiger partial charge in [0.25, 0.3) is 0 Å². The van der Waals surface area contributed by atoms with Gasteiger partial charge >= 0.3 is 11.9 Å². The van der Waals surface area contributed by atoms with Gasteiger partial charge in [0.2, 0.25) is 0 Å². The van der Waals surface area contributed by atoms with Crippen LogP contribution in [0.1, 0.15) is 0 Å². The van der Waals surface area contributed by atoms with Crippen LogP contribution in [0.25, 0.3) is 0 Å². The van der Waals surface area contributed by atoms with Crippen molar-refractivity contribution in [3.63, 3.8) is 0 Å². The van der Waals surface area contributed by atoms with E-state index in [1.54, 1.807) is 0 Å². The van der Waals surface area contributed by atoms with Gasteiger partial charge in [-0.25, -0.2) is 0 Å². The molecule has 2 aliphatic rings. The van der Waals surface area contributed by atoms with Crippen LogP contribution in [-0.4, -0.2) is 23.7 Å². The minimum absolute atomic E-state index is 0.0231. The molecular formula is C6H6O4. The maximum absolute atomic E-state index is 10.6. The number of cyclic esters (lactones) is 1. The van der Waals surface area contributed by atoms with E-state index < -0.39 is 11.9 Å². The zero-order valence-electron chi connectivity index (χ0n) is 5.11. The third kappa shape index (κ3) is 0.509. The first-order valence-electron chi connectivity index (χ1n) is 3.11. The highest BCUT2D eigenvalue weighted by Crippen LogP contribution is 2.51. The smallest absolute Gasteiger partial charge is 0.310 e. The predicted octanol–water partition coefficient (Wildman–Crippen LogP) is -0.510. The van der Waals surface area contributed by atoms with Crippen LogP contribution >= 0.6 is 0 Å². The fraction of sp³-hybridized carbons (Fsp3) is 0.667. The normalized spacial score (nSPS) is 42.4. The van der Waals surface area contributed by atoms with Crippen molar-refractivity contribution in [2.75, 3.05) is 6.61 Å². The van der Waals surface area contributed by atoms with E-state index in [9.17, 15) is 9.59 Å². The number of carbonyl (C=O) groups excluding carboxylic acids is 1. The van der Waals surface area contributed by atoms with Gasteiger partial charge in [0, 0.05) is 5.92 Å². The van der Waals surface area contributed by atoms with E-state index in [1.165, 1.54) is 0 Å². The molecule has 0 aromatic rings. The van der Waals surface area contributed by atoms with Crippen molar-refractivity contribution in [3.05, 3.63) is 0 Å². The number of fused-ring (bicyclic) bond motifs is 1. The van der Waals surface area contributed by atoms with E-state index in [0.29, 0.717) is 6.61 Å². The van der Waals surface area contributed by atoms with E-state index in [4.69, 9.17) is 5.11 Å². The molecular weight excluding hydrogens is 136 g/mol. The molecule has 0 aromatic heterocycles. The van der Waals surface area contributed by atoms with Crippen molar-refractivity contribution in [1.82, 2.24) is 0 Å². The molecule has 4 nitrogen and oxygen atoms in total. The third-order valence-electron chi connectivity index (χ3n) is 2.14. The standard InChI is InChI=1S/C6H6O4/c7-5(8)3-2-1-10-6(9)4(2)3/h2-4H,1H2,(H,7,8). The molecule has 1 saturated heterocycles. The molecule has 3 unspecified atom stereocenters. The molecule has 4 heteroatoms. The Balaban J connectivity index is 2.12. The molecule has 1 aliphatic heterocycles. The summed E-state index contributed by atoms with van der Waals surface area (Å²) in [6.07, 6.45) is 0. The molecule has 0 radical (unpaired) electrons. The zero-order chi connectivity index (χ0) is 7.30. The topological polar surface area (TPSA) is 63.6 Å². The molecule has 0 amide bonds. The Hall–Kier alpha value is -1.06. The zero-order valence-corrected chi connectivity index (χ0v) is 5.11. The Bertz CT molecular complexity index is 206. The van der Waals surface area contributed by atoms with Crippen LogP contribution in [0.2, 0.25) is 0 Å². The van der Waals surface area contributed by atoms with Crippen molar-refractivity contribution in [2.24, 2.45) is 17.8 Å². The minimum Gasteiger partial charge on any atom is -0.481 e. The highest BCUT2D eigenvalue weighted by molar-refractivity contribution is 5.89. The second-order valence-corrected chi connectivity index (χ2v) is 2.68. The lowest BCUT2D eigenvalue weighted by atomic mass is 10.3. The third-order valence-corrected chi connectivity index (χ3v) is 2.14. The van der Waals surface area contributed by atoms with Crippen molar-refractivity contribution < 1.29 is 19.4 Å². The first kappa shape index (κ1) is 5.70. The summed E-state index contributed by atoms with van der Waals surface area (Å²) in [6, 6.07) is 0. The van der Waals surface area contributed by atoms with Crippen LogP contribution in [0.5, 0.6) is 0 Å². The Labute approximate surface area is 56.8 Å². The molecule has 2 rings (SSSR count). The van der Waals surface area contributed by atoms with Gasteiger partial charge in [-0.2, -0.15) is 0 Å². The van der Waals surface area contributed by atoms with Crippen LogP contribution in [0, 0.1) is 17.8 Å². The molecule has 54 valence electrons. The first-order valence-corrected chi connectivity index (χ1v) is 3.11. The van der Waals surface area contributed by atoms with Crippen molar-refractivity contribution in [3.8, 4) is 0 Å². The fourth-order valence-corrected chi connectivity index (χ4v) is 1.51. The van der Waals surface area contributed by atoms with Crippen molar-refractivity contribution in [1.29, 1.82) is 0 Å². The van der Waals surface area contributed by atoms with Gasteiger partial charge in [-0.05, 0) is 0 Å². The lowest BCUT2D eigenvalue weighted by Crippen LogP contribution is -2.11. The predicted molar refractivity (Wildman–Crippen MR) is 29.1 cm³/mol. The maximum Gasteiger partial charge on any atom is 0.310 e. The number of rotatable bonds is 1. The second-order valence-electron chi connectivity index (χ2n) is 2.68. The number of hydrogen-bond acceptors (Lipinski definition) is 3. The van der Waals surface area contributed by atoms with E-state index in [0.717, 1.165) is 0 Å². The number of carbonyl (C=O) groups is 2. The molecule has 10 heavy (non-hydrogen) atoms. The summed E-state index contributed by atoms with van der Waals surface area (Å²) in [5.74, 6) is -1.99. The summed E-state index contributed by atoms with van der Waals surface area (Å²) in [6.45, 7) is 0.306. The quantitative estimate of drug-likeness (QED) is 0.501. The fourth-order valence-electron chi connectivity index (χ4n) is 1.51. The number of carboxylic acids is 1. The Morgan fingerprint density at radius 2 is 2.40 bits per heavy atom. The highest BCUT2D eigenvalue weighted by Gasteiger charge is 2.64. The maximum atomic E-state index is 10.6. The summed E-state index contributed by atoms with van der Waals surface area (Å²) in [7, 11) is 0. The first-order chi connectivity index (χ1) is 4.72. The van der Waals surface area contributed by atoms with Gasteiger partial charge in [-0.15, -0.1) is 0 Å². The van der Waals surface area contributed by atoms with E-state index in [2.05, 4.69) is 4.74 Å². The molecule has 2 fully saturated rings.